The van der Waals surface area contributed by atoms with Crippen LogP contribution in [0.5, 0.6) is 0 Å². The number of hydrogen-bond donors (Lipinski definition) is 0. The fraction of sp³-hybridized carbons (Fsp3) is 0.182. The molecule has 0 bridgehead atoms. The zero-order valence-electron chi connectivity index (χ0n) is 9.97. The fourth-order valence-electron chi connectivity index (χ4n) is 1.01. The van der Waals surface area contributed by atoms with Crippen LogP contribution in [0.1, 0.15) is 12.5 Å². The molecule has 7 heteroatoms. The Hall–Kier alpha value is -1.64. The molecule has 0 N–H and O–H groups in total. The topological polar surface area (TPSA) is 79.3 Å². The van der Waals surface area contributed by atoms with Gasteiger partial charge in [0, 0.05) is 6.20 Å². The van der Waals surface area contributed by atoms with Gasteiger partial charge in [-0.2, -0.15) is 0 Å². The Morgan fingerprint density at radius 3 is 2.72 bits per heavy atom. The molecule has 0 amide bonds. The van der Waals surface area contributed by atoms with E-state index >= 15 is 0 Å². The molecule has 18 heavy (non-hydrogen) atoms. The van der Waals surface area contributed by atoms with Crippen LogP contribution in [0.2, 0.25) is 0 Å². The van der Waals surface area contributed by atoms with Crippen molar-refractivity contribution in [1.82, 2.24) is 4.98 Å². The van der Waals surface area contributed by atoms with Crippen molar-refractivity contribution in [3.8, 4) is 0 Å². The van der Waals surface area contributed by atoms with Crippen molar-refractivity contribution in [3.63, 3.8) is 0 Å². The second-order valence-corrected chi connectivity index (χ2v) is 2.99. The molecule has 1 aromatic rings. The number of nitrogens with zero attached hydrogens (tertiary/aromatic N) is 1. The van der Waals surface area contributed by atoms with Gasteiger partial charge in [0.25, 0.3) is 5.78 Å². The van der Waals surface area contributed by atoms with Crippen molar-refractivity contribution in [2.45, 2.75) is 6.92 Å². The maximum atomic E-state index is 12.7. The van der Waals surface area contributed by atoms with Gasteiger partial charge in [0.2, 0.25) is 0 Å². The van der Waals surface area contributed by atoms with Crippen molar-refractivity contribution in [3.05, 3.63) is 35.9 Å². The van der Waals surface area contributed by atoms with Crippen LogP contribution in [-0.4, -0.2) is 23.3 Å². The number of halogens is 1. The molecule has 1 aromatic heterocycles. The minimum absolute atomic E-state index is 0. The monoisotopic (exact) mass is 245 g/mol. The van der Waals surface area contributed by atoms with E-state index in [1.807, 2.05) is 0 Å². The standard InChI is InChI=1S/C11H10FNO4.Li/c1-2-17-11(16)10(15)4-9(14)7-3-8(12)6-13-5-7;/h3-6,14H,2H2,1H3;/q;+1/p-1. The first-order valence-electron chi connectivity index (χ1n) is 4.75. The van der Waals surface area contributed by atoms with Crippen molar-refractivity contribution < 1.29 is 42.7 Å². The third-order valence-electron chi connectivity index (χ3n) is 1.73. The summed E-state index contributed by atoms with van der Waals surface area (Å²) in [6.07, 6.45) is 2.57. The number of rotatable bonds is 4. The van der Waals surface area contributed by atoms with Gasteiger partial charge in [-0.05, 0) is 24.6 Å². The molecule has 0 spiro atoms. The SMILES string of the molecule is CCOC(=O)C(=O)C=C([O-])c1cncc(F)c1.[Li+]. The summed E-state index contributed by atoms with van der Waals surface area (Å²) in [5.41, 5.74) is -0.109. The largest absolute Gasteiger partial charge is 1.00 e. The van der Waals surface area contributed by atoms with Crippen LogP contribution in [0.4, 0.5) is 4.39 Å². The fourth-order valence-corrected chi connectivity index (χ4v) is 1.01. The van der Waals surface area contributed by atoms with Gasteiger partial charge >= 0.3 is 24.8 Å². The molecule has 5 nitrogen and oxygen atoms in total. The Morgan fingerprint density at radius 2 is 2.17 bits per heavy atom. The first kappa shape index (κ1) is 16.4. The summed E-state index contributed by atoms with van der Waals surface area (Å²) in [4.78, 5) is 25.5. The van der Waals surface area contributed by atoms with E-state index in [4.69, 9.17) is 0 Å². The number of carbonyl (C=O) groups excluding carboxylic acids is 2. The molecule has 0 unspecified atom stereocenters. The van der Waals surface area contributed by atoms with Gasteiger partial charge < -0.3 is 9.84 Å². The summed E-state index contributed by atoms with van der Waals surface area (Å²) in [7, 11) is 0. The number of esters is 1. The third-order valence-corrected chi connectivity index (χ3v) is 1.73. The van der Waals surface area contributed by atoms with Crippen molar-refractivity contribution in [2.75, 3.05) is 6.61 Å². The van der Waals surface area contributed by atoms with Crippen LogP contribution in [0.15, 0.2) is 24.5 Å². The van der Waals surface area contributed by atoms with Crippen LogP contribution < -0.4 is 24.0 Å². The number of ketones is 1. The molecule has 1 heterocycles. The number of hydrogen-bond acceptors (Lipinski definition) is 5. The second kappa shape index (κ2) is 7.64. The van der Waals surface area contributed by atoms with Gasteiger partial charge in [-0.25, -0.2) is 9.18 Å². The van der Waals surface area contributed by atoms with Gasteiger partial charge in [0.05, 0.1) is 12.8 Å². The minimum Gasteiger partial charge on any atom is -0.872 e. The van der Waals surface area contributed by atoms with Crippen LogP contribution in [0.25, 0.3) is 5.76 Å². The molecule has 0 aliphatic heterocycles. The number of pyridine rings is 1. The first-order valence-corrected chi connectivity index (χ1v) is 4.75. The Bertz CT molecular complexity index is 476. The molecule has 0 aliphatic carbocycles. The summed E-state index contributed by atoms with van der Waals surface area (Å²) < 4.78 is 17.1. The molecule has 0 saturated carbocycles. The molecule has 90 valence electrons. The van der Waals surface area contributed by atoms with Crippen molar-refractivity contribution >= 4 is 17.5 Å². The van der Waals surface area contributed by atoms with Crippen LogP contribution in [0.3, 0.4) is 0 Å². The number of aromatic nitrogens is 1. The molecular formula is C11H9FLiNO4. The predicted molar refractivity (Wildman–Crippen MR) is 53.8 cm³/mol. The Labute approximate surface area is 115 Å². The Morgan fingerprint density at radius 1 is 1.50 bits per heavy atom. The molecule has 1 rings (SSSR count). The molecule has 0 aromatic carbocycles. The van der Waals surface area contributed by atoms with Crippen LogP contribution >= 0.6 is 0 Å². The van der Waals surface area contributed by atoms with E-state index in [9.17, 15) is 19.1 Å². The van der Waals surface area contributed by atoms with E-state index < -0.39 is 23.3 Å². The van der Waals surface area contributed by atoms with E-state index in [-0.39, 0.29) is 31.0 Å². The molecular weight excluding hydrogens is 236 g/mol. The smallest absolute Gasteiger partial charge is 0.872 e. The van der Waals surface area contributed by atoms with Gasteiger partial charge in [0.15, 0.2) is 0 Å². The average Bonchev–Trinajstić information content (AvgIpc) is 2.29. The van der Waals surface area contributed by atoms with E-state index in [0.29, 0.717) is 6.08 Å². The molecule has 0 aliphatic rings. The molecule has 0 saturated heterocycles. The minimum atomic E-state index is -1.12. The summed E-state index contributed by atoms with van der Waals surface area (Å²) in [5, 5.41) is 11.4. The zero-order valence-corrected chi connectivity index (χ0v) is 9.97. The van der Waals surface area contributed by atoms with E-state index in [1.54, 1.807) is 0 Å². The summed E-state index contributed by atoms with van der Waals surface area (Å²) in [6.45, 7) is 1.57. The van der Waals surface area contributed by atoms with Gasteiger partial charge in [0.1, 0.15) is 5.82 Å². The second-order valence-electron chi connectivity index (χ2n) is 2.99. The Balaban J connectivity index is 0.00000289. The summed E-state index contributed by atoms with van der Waals surface area (Å²) in [5.74, 6) is -3.70. The van der Waals surface area contributed by atoms with Gasteiger partial charge in [-0.1, -0.05) is 5.76 Å². The maximum absolute atomic E-state index is 12.7. The average molecular weight is 245 g/mol. The molecule has 0 atom stereocenters. The number of carbonyl (C=O) groups is 2. The molecule has 0 fully saturated rings. The van der Waals surface area contributed by atoms with Crippen LogP contribution in [-0.2, 0) is 14.3 Å². The van der Waals surface area contributed by atoms with Crippen LogP contribution in [0, 0.1) is 5.82 Å². The summed E-state index contributed by atoms with van der Waals surface area (Å²) >= 11 is 0. The predicted octanol–water partition coefficient (Wildman–Crippen LogP) is -2.94. The van der Waals surface area contributed by atoms with Crippen molar-refractivity contribution in [1.29, 1.82) is 0 Å². The van der Waals surface area contributed by atoms with E-state index in [0.717, 1.165) is 18.5 Å². The maximum Gasteiger partial charge on any atom is 1.00 e. The number of ether oxygens (including phenoxy) is 1. The third kappa shape index (κ3) is 4.70. The zero-order chi connectivity index (χ0) is 12.8. The first-order chi connectivity index (χ1) is 8.04. The molecule has 0 radical (unpaired) electrons. The summed E-state index contributed by atoms with van der Waals surface area (Å²) in [6, 6.07) is 0.921. The normalized spacial score (nSPS) is 10.4. The Kier molecular flexibility index (Phi) is 6.94. The van der Waals surface area contributed by atoms with E-state index in [1.165, 1.54) is 6.92 Å². The van der Waals surface area contributed by atoms with E-state index in [2.05, 4.69) is 9.72 Å². The van der Waals surface area contributed by atoms with Gasteiger partial charge in [-0.15, -0.1) is 0 Å². The van der Waals surface area contributed by atoms with Crippen molar-refractivity contribution in [2.24, 2.45) is 0 Å². The quantitative estimate of drug-likeness (QED) is 0.186. The van der Waals surface area contributed by atoms with Gasteiger partial charge in [-0.3, -0.25) is 9.78 Å².